The summed E-state index contributed by atoms with van der Waals surface area (Å²) in [6.07, 6.45) is 0. The van der Waals surface area contributed by atoms with Crippen LogP contribution < -0.4 is 5.73 Å². The molecular weight excluding hydrogens is 220 g/mol. The number of nitrogens with zero attached hydrogens (tertiary/aromatic N) is 3. The predicted octanol–water partition coefficient (Wildman–Crippen LogP) is 0.528. The number of piperazine rings is 1. The third kappa shape index (κ3) is 3.25. The van der Waals surface area contributed by atoms with Gasteiger partial charge in [0.05, 0.1) is 10.7 Å². The first-order valence-electron chi connectivity index (χ1n) is 5.83. The zero-order valence-corrected chi connectivity index (χ0v) is 10.7. The van der Waals surface area contributed by atoms with Gasteiger partial charge in [-0.15, -0.1) is 11.3 Å². The fourth-order valence-corrected chi connectivity index (χ4v) is 2.67. The van der Waals surface area contributed by atoms with E-state index in [-0.39, 0.29) is 0 Å². The van der Waals surface area contributed by atoms with Crippen molar-refractivity contribution in [3.05, 3.63) is 16.1 Å². The molecule has 2 N–H and O–H groups in total. The Bertz CT molecular complexity index is 318. The molecule has 0 aromatic carbocycles. The molecule has 0 bridgehead atoms. The Morgan fingerprint density at radius 2 is 2.00 bits per heavy atom. The average Bonchev–Trinajstić information content (AvgIpc) is 2.67. The molecule has 1 aromatic rings. The van der Waals surface area contributed by atoms with Gasteiger partial charge in [0.25, 0.3) is 0 Å². The van der Waals surface area contributed by atoms with E-state index in [0.717, 1.165) is 50.8 Å². The number of hydrogen-bond acceptors (Lipinski definition) is 5. The standard InChI is InChI=1S/C11H20N4S/c1-10-13-11(9-16-10)8-15-6-4-14(3-2-12)5-7-15/h9H,2-8,12H2,1H3. The average molecular weight is 240 g/mol. The molecule has 0 atom stereocenters. The molecule has 0 unspecified atom stereocenters. The zero-order chi connectivity index (χ0) is 11.4. The highest BCUT2D eigenvalue weighted by molar-refractivity contribution is 7.09. The number of thiazole rings is 1. The van der Waals surface area contributed by atoms with Crippen molar-refractivity contribution in [1.29, 1.82) is 0 Å². The first-order valence-corrected chi connectivity index (χ1v) is 6.71. The van der Waals surface area contributed by atoms with Gasteiger partial charge < -0.3 is 5.73 Å². The van der Waals surface area contributed by atoms with Crippen LogP contribution in [0.5, 0.6) is 0 Å². The van der Waals surface area contributed by atoms with Gasteiger partial charge in [0.1, 0.15) is 0 Å². The number of aryl methyl sites for hydroxylation is 1. The fraction of sp³-hybridized carbons (Fsp3) is 0.727. The van der Waals surface area contributed by atoms with E-state index in [9.17, 15) is 0 Å². The third-order valence-electron chi connectivity index (χ3n) is 2.96. The Labute approximate surface area is 101 Å². The van der Waals surface area contributed by atoms with E-state index in [4.69, 9.17) is 5.73 Å². The van der Waals surface area contributed by atoms with Crippen molar-refractivity contribution in [3.63, 3.8) is 0 Å². The van der Waals surface area contributed by atoms with E-state index in [1.165, 1.54) is 5.69 Å². The summed E-state index contributed by atoms with van der Waals surface area (Å²) in [6, 6.07) is 0. The maximum Gasteiger partial charge on any atom is 0.0897 e. The van der Waals surface area contributed by atoms with Crippen molar-refractivity contribution >= 4 is 11.3 Å². The summed E-state index contributed by atoms with van der Waals surface area (Å²) in [4.78, 5) is 9.41. The molecule has 2 rings (SSSR count). The van der Waals surface area contributed by atoms with E-state index < -0.39 is 0 Å². The first kappa shape index (κ1) is 12.0. The van der Waals surface area contributed by atoms with Crippen molar-refractivity contribution in [2.75, 3.05) is 39.3 Å². The van der Waals surface area contributed by atoms with Crippen LogP contribution >= 0.6 is 11.3 Å². The SMILES string of the molecule is Cc1nc(CN2CCN(CCN)CC2)cs1. The van der Waals surface area contributed by atoms with Crippen LogP contribution in [-0.2, 0) is 6.54 Å². The van der Waals surface area contributed by atoms with Crippen molar-refractivity contribution in [2.45, 2.75) is 13.5 Å². The van der Waals surface area contributed by atoms with Crippen LogP contribution in [-0.4, -0.2) is 54.1 Å². The topological polar surface area (TPSA) is 45.4 Å². The highest BCUT2D eigenvalue weighted by Gasteiger charge is 2.16. The molecule has 1 saturated heterocycles. The van der Waals surface area contributed by atoms with Gasteiger partial charge in [-0.3, -0.25) is 9.80 Å². The van der Waals surface area contributed by atoms with Crippen molar-refractivity contribution < 1.29 is 0 Å². The van der Waals surface area contributed by atoms with Crippen LogP contribution in [0.1, 0.15) is 10.7 Å². The minimum atomic E-state index is 0.769. The molecule has 0 aliphatic carbocycles. The van der Waals surface area contributed by atoms with Crippen molar-refractivity contribution in [2.24, 2.45) is 5.73 Å². The van der Waals surface area contributed by atoms with Crippen LogP contribution in [0.25, 0.3) is 0 Å². The van der Waals surface area contributed by atoms with Crippen LogP contribution in [0.3, 0.4) is 0 Å². The fourth-order valence-electron chi connectivity index (χ4n) is 2.06. The summed E-state index contributed by atoms with van der Waals surface area (Å²) in [5, 5.41) is 3.33. The Morgan fingerprint density at radius 3 is 2.56 bits per heavy atom. The highest BCUT2D eigenvalue weighted by atomic mass is 32.1. The normalized spacial score (nSPS) is 19.1. The van der Waals surface area contributed by atoms with Crippen molar-refractivity contribution in [3.8, 4) is 0 Å². The van der Waals surface area contributed by atoms with Gasteiger partial charge >= 0.3 is 0 Å². The van der Waals surface area contributed by atoms with Crippen LogP contribution in [0.2, 0.25) is 0 Å². The Balaban J connectivity index is 1.77. The first-order chi connectivity index (χ1) is 7.78. The molecule has 1 aromatic heterocycles. The van der Waals surface area contributed by atoms with Gasteiger partial charge in [0.2, 0.25) is 0 Å². The molecule has 16 heavy (non-hydrogen) atoms. The molecule has 1 fully saturated rings. The molecule has 90 valence electrons. The van der Waals surface area contributed by atoms with Crippen molar-refractivity contribution in [1.82, 2.24) is 14.8 Å². The molecule has 1 aliphatic rings. The largest absolute Gasteiger partial charge is 0.329 e. The second kappa shape index (κ2) is 5.72. The smallest absolute Gasteiger partial charge is 0.0897 e. The van der Waals surface area contributed by atoms with E-state index in [2.05, 4.69) is 27.1 Å². The van der Waals surface area contributed by atoms with Gasteiger partial charge in [0, 0.05) is 51.2 Å². The minimum Gasteiger partial charge on any atom is -0.329 e. The quantitative estimate of drug-likeness (QED) is 0.834. The lowest BCUT2D eigenvalue weighted by molar-refractivity contribution is 0.129. The number of nitrogens with two attached hydrogens (primary N) is 1. The molecule has 0 radical (unpaired) electrons. The van der Waals surface area contributed by atoms with Gasteiger partial charge in [-0.05, 0) is 6.92 Å². The second-order valence-electron chi connectivity index (χ2n) is 4.26. The Hall–Kier alpha value is -0.490. The number of rotatable bonds is 4. The van der Waals surface area contributed by atoms with Gasteiger partial charge in [-0.2, -0.15) is 0 Å². The molecule has 0 spiro atoms. The van der Waals surface area contributed by atoms with Crippen LogP contribution in [0.15, 0.2) is 5.38 Å². The zero-order valence-electron chi connectivity index (χ0n) is 9.85. The third-order valence-corrected chi connectivity index (χ3v) is 3.78. The predicted molar refractivity (Wildman–Crippen MR) is 67.6 cm³/mol. The molecule has 2 heterocycles. The number of aromatic nitrogens is 1. The minimum absolute atomic E-state index is 0.769. The van der Waals surface area contributed by atoms with Gasteiger partial charge in [-0.1, -0.05) is 0 Å². The summed E-state index contributed by atoms with van der Waals surface area (Å²) in [6.45, 7) is 9.41. The van der Waals surface area contributed by atoms with Crippen LogP contribution in [0.4, 0.5) is 0 Å². The summed E-state index contributed by atoms with van der Waals surface area (Å²) in [7, 11) is 0. The summed E-state index contributed by atoms with van der Waals surface area (Å²) >= 11 is 1.74. The van der Waals surface area contributed by atoms with Gasteiger partial charge in [0.15, 0.2) is 0 Å². The maximum absolute atomic E-state index is 5.56. The lowest BCUT2D eigenvalue weighted by Gasteiger charge is -2.34. The van der Waals surface area contributed by atoms with E-state index in [1.807, 2.05) is 0 Å². The molecular formula is C11H20N4S. The lowest BCUT2D eigenvalue weighted by Crippen LogP contribution is -2.47. The summed E-state index contributed by atoms with van der Waals surface area (Å²) in [5.41, 5.74) is 6.77. The van der Waals surface area contributed by atoms with Gasteiger partial charge in [-0.25, -0.2) is 4.98 Å². The summed E-state index contributed by atoms with van der Waals surface area (Å²) in [5.74, 6) is 0. The summed E-state index contributed by atoms with van der Waals surface area (Å²) < 4.78 is 0. The molecule has 5 heteroatoms. The monoisotopic (exact) mass is 240 g/mol. The second-order valence-corrected chi connectivity index (χ2v) is 5.33. The Morgan fingerprint density at radius 1 is 1.31 bits per heavy atom. The van der Waals surface area contributed by atoms with E-state index in [1.54, 1.807) is 11.3 Å². The van der Waals surface area contributed by atoms with Crippen LogP contribution in [0, 0.1) is 6.92 Å². The number of hydrogen-bond donors (Lipinski definition) is 1. The van der Waals surface area contributed by atoms with E-state index >= 15 is 0 Å². The molecule has 0 saturated carbocycles. The highest BCUT2D eigenvalue weighted by Crippen LogP contribution is 2.11. The Kier molecular flexibility index (Phi) is 4.29. The van der Waals surface area contributed by atoms with E-state index in [0.29, 0.717) is 0 Å². The molecule has 1 aliphatic heterocycles. The molecule has 4 nitrogen and oxygen atoms in total. The maximum atomic E-state index is 5.56. The molecule has 0 amide bonds. The lowest BCUT2D eigenvalue weighted by atomic mass is 10.3.